The molecule has 2 aliphatic heterocycles. The van der Waals surface area contributed by atoms with Gasteiger partial charge in [-0.25, -0.2) is 0 Å². The molecule has 3 aromatic carbocycles. The number of nitrogens with zero attached hydrogens (tertiary/aromatic N) is 1. The Morgan fingerprint density at radius 1 is 1.05 bits per heavy atom. The summed E-state index contributed by atoms with van der Waals surface area (Å²) < 4.78 is 22.2. The highest BCUT2D eigenvalue weighted by Gasteiger charge is 2.46. The summed E-state index contributed by atoms with van der Waals surface area (Å²) in [5.41, 5.74) is 2.66. The number of benzene rings is 3. The molecule has 2 aliphatic rings. The summed E-state index contributed by atoms with van der Waals surface area (Å²) in [6, 6.07) is 17.0. The quantitative estimate of drug-likeness (QED) is 0.238. The molecule has 5 rings (SSSR count). The predicted octanol–water partition coefficient (Wildman–Crippen LogP) is 5.39. The monoisotopic (exact) mass is 529 g/mol. The van der Waals surface area contributed by atoms with E-state index < -0.39 is 17.7 Å². The number of fused-ring (bicyclic) bond motifs is 1. The number of aliphatic hydroxyl groups is 1. The molecule has 3 aromatic rings. The van der Waals surface area contributed by atoms with E-state index in [1.807, 2.05) is 19.1 Å². The zero-order valence-corrected chi connectivity index (χ0v) is 22.4. The SMILES string of the molecule is COc1cccc(C2/C(=C(\O)c3ccc(OCC(C)C)c(C)c3)C(=O)C(=O)N2Cc2ccc3c(c2)OCO3)c1. The predicted molar refractivity (Wildman–Crippen MR) is 145 cm³/mol. The molecule has 1 unspecified atom stereocenters. The number of carbonyl (C=O) groups is 2. The topological polar surface area (TPSA) is 94.5 Å². The van der Waals surface area contributed by atoms with Crippen LogP contribution in [-0.2, 0) is 16.1 Å². The smallest absolute Gasteiger partial charge is 0.295 e. The van der Waals surface area contributed by atoms with Crippen LogP contribution in [0.4, 0.5) is 0 Å². The van der Waals surface area contributed by atoms with Crippen molar-refractivity contribution >= 4 is 17.4 Å². The maximum Gasteiger partial charge on any atom is 0.295 e. The zero-order valence-electron chi connectivity index (χ0n) is 22.4. The maximum absolute atomic E-state index is 13.5. The molecule has 0 aromatic heterocycles. The molecule has 0 radical (unpaired) electrons. The van der Waals surface area contributed by atoms with Crippen molar-refractivity contribution in [2.45, 2.75) is 33.4 Å². The number of ketones is 1. The van der Waals surface area contributed by atoms with E-state index in [1.165, 1.54) is 4.90 Å². The minimum absolute atomic E-state index is 0.0178. The highest BCUT2D eigenvalue weighted by atomic mass is 16.7. The second-order valence-corrected chi connectivity index (χ2v) is 10.1. The van der Waals surface area contributed by atoms with Crippen molar-refractivity contribution in [3.63, 3.8) is 0 Å². The summed E-state index contributed by atoms with van der Waals surface area (Å²) in [6.45, 7) is 6.83. The van der Waals surface area contributed by atoms with Gasteiger partial charge in [-0.2, -0.15) is 0 Å². The second kappa shape index (κ2) is 10.7. The lowest BCUT2D eigenvalue weighted by Crippen LogP contribution is -2.29. The van der Waals surface area contributed by atoms with Crippen molar-refractivity contribution in [1.82, 2.24) is 4.90 Å². The molecule has 0 saturated carbocycles. The normalized spacial score (nSPS) is 17.7. The number of hydrogen-bond acceptors (Lipinski definition) is 7. The molecule has 1 fully saturated rings. The Morgan fingerprint density at radius 3 is 2.59 bits per heavy atom. The summed E-state index contributed by atoms with van der Waals surface area (Å²) in [5.74, 6) is 1.15. The molecule has 0 aliphatic carbocycles. The number of rotatable bonds is 8. The zero-order chi connectivity index (χ0) is 27.7. The Bertz CT molecular complexity index is 1460. The van der Waals surface area contributed by atoms with E-state index in [0.717, 1.165) is 11.1 Å². The lowest BCUT2D eigenvalue weighted by atomic mass is 9.94. The molecule has 1 saturated heterocycles. The number of Topliss-reactive ketones (excluding diaryl/α,β-unsaturated/α-hetero) is 1. The molecular weight excluding hydrogens is 498 g/mol. The molecule has 0 spiro atoms. The number of hydrogen-bond donors (Lipinski definition) is 1. The van der Waals surface area contributed by atoms with E-state index in [9.17, 15) is 14.7 Å². The second-order valence-electron chi connectivity index (χ2n) is 10.1. The van der Waals surface area contributed by atoms with Crippen LogP contribution < -0.4 is 18.9 Å². The van der Waals surface area contributed by atoms with Crippen LogP contribution in [0.2, 0.25) is 0 Å². The first-order valence-electron chi connectivity index (χ1n) is 12.8. The van der Waals surface area contributed by atoms with Gasteiger partial charge in [0.2, 0.25) is 6.79 Å². The average Bonchev–Trinajstić information content (AvgIpc) is 3.50. The Hall–Kier alpha value is -4.46. The van der Waals surface area contributed by atoms with Gasteiger partial charge in [-0.05, 0) is 72.0 Å². The first-order valence-corrected chi connectivity index (χ1v) is 12.8. The third kappa shape index (κ3) is 5.14. The van der Waals surface area contributed by atoms with Crippen molar-refractivity contribution < 1.29 is 33.6 Å². The Labute approximate surface area is 227 Å². The highest BCUT2D eigenvalue weighted by Crippen LogP contribution is 2.42. The van der Waals surface area contributed by atoms with Gasteiger partial charge in [0.25, 0.3) is 11.7 Å². The molecule has 202 valence electrons. The highest BCUT2D eigenvalue weighted by molar-refractivity contribution is 6.46. The largest absolute Gasteiger partial charge is 0.507 e. The van der Waals surface area contributed by atoms with Gasteiger partial charge >= 0.3 is 0 Å². The minimum atomic E-state index is -0.831. The minimum Gasteiger partial charge on any atom is -0.507 e. The maximum atomic E-state index is 13.5. The standard InChI is InChI=1S/C31H31NO7/c1-18(2)16-37-24-11-9-22(12-19(24)3)29(33)27-28(21-6-5-7-23(14-21)36-4)32(31(35)30(27)34)15-20-8-10-25-26(13-20)39-17-38-25/h5-14,18,28,33H,15-17H2,1-4H3/b29-27+. The van der Waals surface area contributed by atoms with E-state index in [-0.39, 0.29) is 24.7 Å². The Kier molecular flexibility index (Phi) is 7.19. The number of methoxy groups -OCH3 is 1. The van der Waals surface area contributed by atoms with Crippen molar-refractivity contribution in [2.75, 3.05) is 20.5 Å². The third-order valence-electron chi connectivity index (χ3n) is 6.76. The van der Waals surface area contributed by atoms with Gasteiger partial charge in [0, 0.05) is 12.1 Å². The van der Waals surface area contributed by atoms with E-state index in [1.54, 1.807) is 55.6 Å². The molecule has 1 amide bonds. The fraction of sp³-hybridized carbons (Fsp3) is 0.290. The molecule has 39 heavy (non-hydrogen) atoms. The van der Waals surface area contributed by atoms with Gasteiger partial charge in [-0.3, -0.25) is 9.59 Å². The first kappa shape index (κ1) is 26.2. The summed E-state index contributed by atoms with van der Waals surface area (Å²) in [4.78, 5) is 28.4. The fourth-order valence-corrected chi connectivity index (χ4v) is 4.81. The van der Waals surface area contributed by atoms with E-state index >= 15 is 0 Å². The van der Waals surface area contributed by atoms with Crippen LogP contribution >= 0.6 is 0 Å². The number of carbonyl (C=O) groups excluding carboxylic acids is 2. The summed E-state index contributed by atoms with van der Waals surface area (Å²) in [6.07, 6.45) is 0. The number of aliphatic hydroxyl groups excluding tert-OH is 1. The molecule has 0 bridgehead atoms. The van der Waals surface area contributed by atoms with Crippen LogP contribution in [0.1, 0.15) is 42.1 Å². The van der Waals surface area contributed by atoms with Gasteiger partial charge in [0.05, 0.1) is 25.3 Å². The van der Waals surface area contributed by atoms with Gasteiger partial charge in [-0.15, -0.1) is 0 Å². The third-order valence-corrected chi connectivity index (χ3v) is 6.76. The summed E-state index contributed by atoms with van der Waals surface area (Å²) >= 11 is 0. The number of likely N-dealkylation sites (tertiary alicyclic amines) is 1. The van der Waals surface area contributed by atoms with Gasteiger partial charge in [0.15, 0.2) is 11.5 Å². The molecule has 1 atom stereocenters. The first-order chi connectivity index (χ1) is 18.8. The molecule has 8 nitrogen and oxygen atoms in total. The molecule has 8 heteroatoms. The van der Waals surface area contributed by atoms with Crippen molar-refractivity contribution in [1.29, 1.82) is 0 Å². The number of aryl methyl sites for hydroxylation is 1. The van der Waals surface area contributed by atoms with Gasteiger partial charge in [-0.1, -0.05) is 32.0 Å². The van der Waals surface area contributed by atoms with Crippen molar-refractivity contribution in [3.05, 3.63) is 88.5 Å². The summed E-state index contributed by atoms with van der Waals surface area (Å²) in [7, 11) is 1.55. The van der Waals surface area contributed by atoms with Crippen LogP contribution in [0.25, 0.3) is 5.76 Å². The lowest BCUT2D eigenvalue weighted by Gasteiger charge is -2.26. The Morgan fingerprint density at radius 2 is 1.85 bits per heavy atom. The fourth-order valence-electron chi connectivity index (χ4n) is 4.81. The lowest BCUT2D eigenvalue weighted by molar-refractivity contribution is -0.140. The van der Waals surface area contributed by atoms with Gasteiger partial charge in [0.1, 0.15) is 17.3 Å². The van der Waals surface area contributed by atoms with Crippen LogP contribution in [0, 0.1) is 12.8 Å². The van der Waals surface area contributed by atoms with E-state index in [2.05, 4.69) is 13.8 Å². The molecule has 2 heterocycles. The van der Waals surface area contributed by atoms with Gasteiger partial charge < -0.3 is 29.0 Å². The van der Waals surface area contributed by atoms with Crippen molar-refractivity contribution in [2.24, 2.45) is 5.92 Å². The molecule has 1 N–H and O–H groups in total. The van der Waals surface area contributed by atoms with Crippen LogP contribution in [0.3, 0.4) is 0 Å². The average molecular weight is 530 g/mol. The molecular formula is C31H31NO7. The van der Waals surface area contributed by atoms with Crippen LogP contribution in [0.5, 0.6) is 23.0 Å². The Balaban J connectivity index is 1.57. The van der Waals surface area contributed by atoms with E-state index in [4.69, 9.17) is 18.9 Å². The number of amides is 1. The number of ether oxygens (including phenoxy) is 4. The van der Waals surface area contributed by atoms with Crippen LogP contribution in [-0.4, -0.2) is 42.2 Å². The summed E-state index contributed by atoms with van der Waals surface area (Å²) in [5, 5.41) is 11.5. The van der Waals surface area contributed by atoms with Crippen molar-refractivity contribution in [3.8, 4) is 23.0 Å². The van der Waals surface area contributed by atoms with E-state index in [0.29, 0.717) is 46.6 Å². The van der Waals surface area contributed by atoms with Crippen LogP contribution in [0.15, 0.2) is 66.2 Å².